The van der Waals surface area contributed by atoms with Gasteiger partial charge in [0.25, 0.3) is 0 Å². The van der Waals surface area contributed by atoms with Crippen LogP contribution < -0.4 is 0 Å². The Morgan fingerprint density at radius 3 is 2.64 bits per heavy atom. The fraction of sp³-hybridized carbons (Fsp3) is 1.00. The van der Waals surface area contributed by atoms with Gasteiger partial charge in [-0.3, -0.25) is 0 Å². The number of thioether (sulfide) groups is 1. The summed E-state index contributed by atoms with van der Waals surface area (Å²) in [5, 5.41) is 0. The smallest absolute Gasteiger partial charge is 0.211 e. The Labute approximate surface area is 98.8 Å². The molecule has 0 radical (unpaired) electrons. The van der Waals surface area contributed by atoms with Crippen LogP contribution in [0.1, 0.15) is 20.3 Å². The van der Waals surface area contributed by atoms with Crippen LogP contribution in [0.4, 0.5) is 0 Å². The molecule has 1 saturated heterocycles. The van der Waals surface area contributed by atoms with Gasteiger partial charge in [-0.25, -0.2) is 12.7 Å². The summed E-state index contributed by atoms with van der Waals surface area (Å²) >= 11 is 4.87. The Hall–Kier alpha value is 0.740. The van der Waals surface area contributed by atoms with E-state index in [4.69, 9.17) is 0 Å². The third-order valence-electron chi connectivity index (χ3n) is 2.33. The third-order valence-corrected chi connectivity index (χ3v) is 6.86. The van der Waals surface area contributed by atoms with E-state index in [9.17, 15) is 8.42 Å². The van der Waals surface area contributed by atoms with Crippen molar-refractivity contribution in [2.75, 3.05) is 23.5 Å². The minimum absolute atomic E-state index is 0.0328. The van der Waals surface area contributed by atoms with Gasteiger partial charge in [0.1, 0.15) is 4.66 Å². The fourth-order valence-corrected chi connectivity index (χ4v) is 4.31. The molecule has 1 fully saturated rings. The monoisotopic (exact) mass is 301 g/mol. The molecule has 0 atom stereocenters. The van der Waals surface area contributed by atoms with Crippen LogP contribution in [-0.2, 0) is 10.0 Å². The lowest BCUT2D eigenvalue weighted by atomic mass is 10.1. The van der Waals surface area contributed by atoms with Crippen LogP contribution in [0.15, 0.2) is 0 Å². The number of sulfonamides is 1. The molecule has 1 aliphatic rings. The van der Waals surface area contributed by atoms with Crippen molar-refractivity contribution in [3.8, 4) is 0 Å². The van der Waals surface area contributed by atoms with Gasteiger partial charge in [-0.15, -0.1) is 0 Å². The highest BCUT2D eigenvalue weighted by Crippen LogP contribution is 2.31. The van der Waals surface area contributed by atoms with Gasteiger partial charge in [0, 0.05) is 23.6 Å². The van der Waals surface area contributed by atoms with Gasteiger partial charge in [0.05, 0.1) is 0 Å². The highest BCUT2D eigenvalue weighted by Gasteiger charge is 2.28. The molecule has 6 heteroatoms. The maximum Gasteiger partial charge on any atom is 0.224 e. The van der Waals surface area contributed by atoms with Crippen LogP contribution in [0.3, 0.4) is 0 Å². The van der Waals surface area contributed by atoms with Crippen LogP contribution in [0.5, 0.6) is 0 Å². The van der Waals surface area contributed by atoms with E-state index in [1.807, 2.05) is 11.8 Å². The minimum atomic E-state index is -3.06. The van der Waals surface area contributed by atoms with Crippen LogP contribution in [-0.4, -0.2) is 41.0 Å². The van der Waals surface area contributed by atoms with E-state index in [1.54, 1.807) is 4.31 Å². The first-order valence-electron chi connectivity index (χ1n) is 4.55. The van der Waals surface area contributed by atoms with Gasteiger partial charge in [-0.1, -0.05) is 29.8 Å². The molecule has 1 heterocycles. The number of nitrogens with zero attached hydrogens (tertiary/aromatic N) is 1. The van der Waals surface area contributed by atoms with E-state index in [1.165, 1.54) is 0 Å². The van der Waals surface area contributed by atoms with Gasteiger partial charge in [-0.2, -0.15) is 11.8 Å². The first kappa shape index (κ1) is 12.8. The molecule has 0 saturated carbocycles. The number of alkyl halides is 1. The zero-order valence-electron chi connectivity index (χ0n) is 8.49. The predicted molar refractivity (Wildman–Crippen MR) is 65.4 cm³/mol. The average molecular weight is 302 g/mol. The lowest BCUT2D eigenvalue weighted by molar-refractivity contribution is 0.418. The largest absolute Gasteiger partial charge is 0.224 e. The molecular weight excluding hydrogens is 286 g/mol. The maximum atomic E-state index is 11.6. The molecule has 0 bridgehead atoms. The van der Waals surface area contributed by atoms with Crippen molar-refractivity contribution in [3.05, 3.63) is 0 Å². The average Bonchev–Trinajstić information content (AvgIpc) is 2.26. The van der Waals surface area contributed by atoms with E-state index in [0.29, 0.717) is 13.1 Å². The summed E-state index contributed by atoms with van der Waals surface area (Å²) in [4.78, 5) is 0. The summed E-state index contributed by atoms with van der Waals surface area (Å²) in [6.45, 7) is 5.62. The molecule has 3 nitrogen and oxygen atoms in total. The Balaban J connectivity index is 2.68. The lowest BCUT2D eigenvalue weighted by Crippen LogP contribution is -2.34. The van der Waals surface area contributed by atoms with Crippen molar-refractivity contribution in [3.63, 3.8) is 0 Å². The summed E-state index contributed by atoms with van der Waals surface area (Å²) in [6, 6.07) is 0. The molecule has 84 valence electrons. The highest BCUT2D eigenvalue weighted by atomic mass is 79.9. The Morgan fingerprint density at radius 1 is 1.43 bits per heavy atom. The molecule has 0 unspecified atom stereocenters. The van der Waals surface area contributed by atoms with E-state index >= 15 is 0 Å². The van der Waals surface area contributed by atoms with Gasteiger partial charge < -0.3 is 0 Å². The number of halogens is 1. The van der Waals surface area contributed by atoms with Crippen LogP contribution in [0.2, 0.25) is 0 Å². The Bertz CT molecular complexity index is 290. The number of hydrogen-bond donors (Lipinski definition) is 0. The number of rotatable bonds is 2. The molecule has 0 aliphatic carbocycles. The minimum Gasteiger partial charge on any atom is -0.211 e. The van der Waals surface area contributed by atoms with Crippen molar-refractivity contribution in [2.45, 2.75) is 25.0 Å². The predicted octanol–water partition coefficient (Wildman–Crippen LogP) is 1.89. The number of hydrogen-bond acceptors (Lipinski definition) is 3. The normalized spacial score (nSPS) is 24.5. The molecular formula is C8H16BrNO2S2. The van der Waals surface area contributed by atoms with E-state index in [2.05, 4.69) is 29.8 Å². The van der Waals surface area contributed by atoms with Gasteiger partial charge in [-0.05, 0) is 6.42 Å². The topological polar surface area (TPSA) is 37.4 Å². The molecule has 14 heavy (non-hydrogen) atoms. The molecule has 1 rings (SSSR count). The SMILES string of the molecule is CC1(C)CCN(S(=O)(=O)CBr)CCS1. The standard InChI is InChI=1S/C8H16BrNO2S2/c1-8(2)3-4-10(5-6-13-8)14(11,12)7-9/h3-7H2,1-2H3. The Kier molecular flexibility index (Phi) is 4.32. The molecule has 0 N–H and O–H groups in total. The highest BCUT2D eigenvalue weighted by molar-refractivity contribution is 9.10. The second-order valence-electron chi connectivity index (χ2n) is 3.98. The van der Waals surface area contributed by atoms with E-state index < -0.39 is 10.0 Å². The molecule has 0 aromatic rings. The Morgan fingerprint density at radius 2 is 2.07 bits per heavy atom. The van der Waals surface area contributed by atoms with E-state index in [0.717, 1.165) is 12.2 Å². The summed E-state index contributed by atoms with van der Waals surface area (Å²) in [7, 11) is -3.06. The van der Waals surface area contributed by atoms with Crippen molar-refractivity contribution < 1.29 is 8.42 Å². The van der Waals surface area contributed by atoms with Gasteiger partial charge >= 0.3 is 0 Å². The summed E-state index contributed by atoms with van der Waals surface area (Å²) in [6.07, 6.45) is 0.921. The second kappa shape index (κ2) is 4.72. The summed E-state index contributed by atoms with van der Waals surface area (Å²) in [5.41, 5.74) is 0. The molecule has 0 amide bonds. The molecule has 1 aliphatic heterocycles. The lowest BCUT2D eigenvalue weighted by Gasteiger charge is -2.21. The van der Waals surface area contributed by atoms with Crippen molar-refractivity contribution in [1.82, 2.24) is 4.31 Å². The zero-order chi connectivity index (χ0) is 10.8. The second-order valence-corrected chi connectivity index (χ2v) is 9.05. The van der Waals surface area contributed by atoms with Crippen LogP contribution in [0, 0.1) is 0 Å². The first-order valence-corrected chi connectivity index (χ1v) is 8.27. The van der Waals surface area contributed by atoms with Crippen molar-refractivity contribution in [2.24, 2.45) is 0 Å². The van der Waals surface area contributed by atoms with Gasteiger partial charge in [0.15, 0.2) is 0 Å². The zero-order valence-corrected chi connectivity index (χ0v) is 11.7. The molecule has 0 aromatic carbocycles. The quantitative estimate of drug-likeness (QED) is 0.731. The summed E-state index contributed by atoms with van der Waals surface area (Å²) < 4.78 is 25.0. The van der Waals surface area contributed by atoms with Crippen LogP contribution in [0.25, 0.3) is 0 Å². The third kappa shape index (κ3) is 3.40. The van der Waals surface area contributed by atoms with E-state index in [-0.39, 0.29) is 9.41 Å². The van der Waals surface area contributed by atoms with Crippen LogP contribution >= 0.6 is 27.7 Å². The van der Waals surface area contributed by atoms with Crippen molar-refractivity contribution >= 4 is 37.7 Å². The maximum absolute atomic E-state index is 11.6. The molecule has 0 aromatic heterocycles. The van der Waals surface area contributed by atoms with Gasteiger partial charge in [0.2, 0.25) is 10.0 Å². The fourth-order valence-electron chi connectivity index (χ4n) is 1.35. The molecule has 0 spiro atoms. The van der Waals surface area contributed by atoms with Crippen molar-refractivity contribution in [1.29, 1.82) is 0 Å². The summed E-state index contributed by atoms with van der Waals surface area (Å²) in [5.74, 6) is 0.888. The first-order chi connectivity index (χ1) is 6.37.